The molecule has 0 saturated heterocycles. The van der Waals surface area contributed by atoms with E-state index in [-0.39, 0.29) is 17.5 Å². The first kappa shape index (κ1) is 35.2. The molecule has 1 aromatic heterocycles. The predicted molar refractivity (Wildman–Crippen MR) is 168 cm³/mol. The minimum atomic E-state index is -0.367. The second-order valence-corrected chi connectivity index (χ2v) is 9.40. The summed E-state index contributed by atoms with van der Waals surface area (Å²) in [7, 11) is 0. The van der Waals surface area contributed by atoms with Crippen LogP contribution in [-0.4, -0.2) is 43.0 Å². The van der Waals surface area contributed by atoms with Crippen LogP contribution in [0.4, 0.5) is 0 Å². The number of carbonyl (C=O) groups is 2. The van der Waals surface area contributed by atoms with Gasteiger partial charge >= 0.3 is 0 Å². The molecule has 2 amide bonds. The largest absolute Gasteiger partial charge is 0.618 e. The molecule has 41 heavy (non-hydrogen) atoms. The van der Waals surface area contributed by atoms with E-state index in [1.807, 2.05) is 6.08 Å². The smallest absolute Gasteiger partial charge is 0.276 e. The molecule has 0 aliphatic carbocycles. The molecule has 0 aliphatic rings. The van der Waals surface area contributed by atoms with Crippen molar-refractivity contribution in [1.82, 2.24) is 20.9 Å². The van der Waals surface area contributed by atoms with Gasteiger partial charge in [-0.15, -0.1) is 0 Å². The number of nitrogens with zero attached hydrogens (tertiary/aromatic N) is 2. The van der Waals surface area contributed by atoms with Crippen LogP contribution in [0.15, 0.2) is 85.3 Å². The second kappa shape index (κ2) is 25.2. The van der Waals surface area contributed by atoms with Gasteiger partial charge < -0.3 is 21.2 Å². The van der Waals surface area contributed by atoms with Gasteiger partial charge in [0.2, 0.25) is 17.8 Å². The standard InChI is InChI=1S/C33H49N5O3/c1-3-4-5-6-7-8-9-10-11-12-13-14-15-16-17-18-19-20-21-23-32(39)35-27-26-34-24-22-25-36-33(40)31-29-38(41)30(2)28-37-31/h4-5,7-8,10-11,13-14,16-17,19-20,28-29,34H,3,6,9,12,15,18,21-27H2,1-2H3,(H,35,39)(H,36,40)/b5-4-,8-7-,11-10-,14-13-,17-16-,20-19-. The molecule has 0 radical (unpaired) electrons. The SMILES string of the molecule is CC/C=C\C/C=C\C/C=C\C/C=C\C/C=C\C/C=C\CCC(=O)NCCNCCCNC(=O)c1c[n+]([O-])c(C)cn1. The number of hydrogen-bond donors (Lipinski definition) is 3. The maximum Gasteiger partial charge on any atom is 0.276 e. The van der Waals surface area contributed by atoms with Gasteiger partial charge in [0.1, 0.15) is 0 Å². The topological polar surface area (TPSA) is 110 Å². The first-order valence-electron chi connectivity index (χ1n) is 14.8. The van der Waals surface area contributed by atoms with E-state index in [1.165, 1.54) is 12.4 Å². The average molecular weight is 564 g/mol. The number of nitrogens with one attached hydrogen (secondary N) is 3. The van der Waals surface area contributed by atoms with Gasteiger partial charge in [-0.1, -0.05) is 79.8 Å². The highest BCUT2D eigenvalue weighted by atomic mass is 16.5. The van der Waals surface area contributed by atoms with E-state index in [2.05, 4.69) is 94.7 Å². The van der Waals surface area contributed by atoms with Crippen molar-refractivity contribution >= 4 is 11.8 Å². The summed E-state index contributed by atoms with van der Waals surface area (Å²) < 4.78 is 0.627. The van der Waals surface area contributed by atoms with E-state index in [9.17, 15) is 14.8 Å². The van der Waals surface area contributed by atoms with Gasteiger partial charge in [0.05, 0.1) is 6.20 Å². The quantitative estimate of drug-likeness (QED) is 0.0765. The Hall–Kier alpha value is -3.78. The maximum absolute atomic E-state index is 12.0. The summed E-state index contributed by atoms with van der Waals surface area (Å²) in [6, 6.07) is 0. The molecular weight excluding hydrogens is 514 g/mol. The Morgan fingerprint density at radius 1 is 0.780 bits per heavy atom. The summed E-state index contributed by atoms with van der Waals surface area (Å²) in [5.41, 5.74) is 0.539. The molecule has 0 unspecified atom stereocenters. The van der Waals surface area contributed by atoms with E-state index in [0.29, 0.717) is 43.0 Å². The predicted octanol–water partition coefficient (Wildman–Crippen LogP) is 5.33. The lowest BCUT2D eigenvalue weighted by Gasteiger charge is -2.07. The first-order chi connectivity index (χ1) is 20.0. The molecule has 1 heterocycles. The Bertz CT molecular complexity index is 1040. The van der Waals surface area contributed by atoms with Crippen molar-refractivity contribution in [2.75, 3.05) is 26.2 Å². The second-order valence-electron chi connectivity index (χ2n) is 9.40. The summed E-state index contributed by atoms with van der Waals surface area (Å²) in [6.45, 7) is 6.17. The van der Waals surface area contributed by atoms with Crippen LogP contribution >= 0.6 is 0 Å². The molecule has 3 N–H and O–H groups in total. The van der Waals surface area contributed by atoms with E-state index >= 15 is 0 Å². The lowest BCUT2D eigenvalue weighted by molar-refractivity contribution is -0.613. The van der Waals surface area contributed by atoms with Gasteiger partial charge in [-0.25, -0.2) is 4.98 Å². The van der Waals surface area contributed by atoms with Crippen LogP contribution < -0.4 is 20.7 Å². The van der Waals surface area contributed by atoms with E-state index < -0.39 is 0 Å². The van der Waals surface area contributed by atoms with Crippen molar-refractivity contribution in [2.24, 2.45) is 0 Å². The third-order valence-electron chi connectivity index (χ3n) is 5.78. The Balaban J connectivity index is 1.93. The minimum Gasteiger partial charge on any atom is -0.618 e. The van der Waals surface area contributed by atoms with Gasteiger partial charge in [-0.3, -0.25) is 9.59 Å². The zero-order valence-electron chi connectivity index (χ0n) is 24.9. The molecule has 1 rings (SSSR count). The molecular formula is C33H49N5O3. The fourth-order valence-electron chi connectivity index (χ4n) is 3.45. The third-order valence-corrected chi connectivity index (χ3v) is 5.78. The van der Waals surface area contributed by atoms with Gasteiger partial charge in [0.15, 0.2) is 5.69 Å². The number of carbonyl (C=O) groups excluding carboxylic acids is 2. The first-order valence-corrected chi connectivity index (χ1v) is 14.8. The van der Waals surface area contributed by atoms with Crippen molar-refractivity contribution in [3.63, 3.8) is 0 Å². The monoisotopic (exact) mass is 563 g/mol. The summed E-state index contributed by atoms with van der Waals surface area (Å²) >= 11 is 0. The van der Waals surface area contributed by atoms with Crippen molar-refractivity contribution in [1.29, 1.82) is 0 Å². The molecule has 0 aromatic carbocycles. The molecule has 0 atom stereocenters. The van der Waals surface area contributed by atoms with Gasteiger partial charge in [-0.2, -0.15) is 4.73 Å². The Morgan fingerprint density at radius 3 is 1.90 bits per heavy atom. The van der Waals surface area contributed by atoms with Crippen molar-refractivity contribution < 1.29 is 14.3 Å². The highest BCUT2D eigenvalue weighted by Crippen LogP contribution is 1.98. The van der Waals surface area contributed by atoms with Gasteiger partial charge in [-0.05, 0) is 57.9 Å². The number of rotatable bonds is 22. The zero-order chi connectivity index (χ0) is 29.8. The van der Waals surface area contributed by atoms with Crippen LogP contribution in [0, 0.1) is 12.1 Å². The van der Waals surface area contributed by atoms with Crippen LogP contribution in [0.5, 0.6) is 0 Å². The van der Waals surface area contributed by atoms with Crippen LogP contribution in [-0.2, 0) is 4.79 Å². The molecule has 1 aromatic rings. The summed E-state index contributed by atoms with van der Waals surface area (Å²) in [6.07, 6.45) is 36.4. The molecule has 224 valence electrons. The molecule has 0 fully saturated rings. The Morgan fingerprint density at radius 2 is 1.34 bits per heavy atom. The molecule has 0 aliphatic heterocycles. The van der Waals surface area contributed by atoms with Crippen molar-refractivity contribution in [2.45, 2.75) is 71.6 Å². The van der Waals surface area contributed by atoms with Crippen LogP contribution in [0.3, 0.4) is 0 Å². The third kappa shape index (κ3) is 20.7. The minimum absolute atomic E-state index is 0.0415. The number of aryl methyl sites for hydroxylation is 1. The van der Waals surface area contributed by atoms with Gasteiger partial charge in [0.25, 0.3) is 5.91 Å². The summed E-state index contributed by atoms with van der Waals surface area (Å²) in [5.74, 6) is -0.325. The van der Waals surface area contributed by atoms with E-state index in [4.69, 9.17) is 0 Å². The fraction of sp³-hybridized carbons (Fsp3) is 0.455. The highest BCUT2D eigenvalue weighted by molar-refractivity contribution is 5.91. The molecule has 0 bridgehead atoms. The number of hydrogen-bond acceptors (Lipinski definition) is 5. The Labute approximate surface area is 246 Å². The normalized spacial score (nSPS) is 12.2. The summed E-state index contributed by atoms with van der Waals surface area (Å²) in [4.78, 5) is 27.9. The molecule has 8 heteroatoms. The Kier molecular flexibility index (Phi) is 21.7. The lowest BCUT2D eigenvalue weighted by Crippen LogP contribution is -2.35. The van der Waals surface area contributed by atoms with Crippen LogP contribution in [0.1, 0.15) is 80.9 Å². The van der Waals surface area contributed by atoms with Crippen molar-refractivity contribution in [3.8, 4) is 0 Å². The number of aromatic nitrogens is 2. The van der Waals surface area contributed by atoms with E-state index in [0.717, 1.165) is 51.4 Å². The number of amides is 2. The maximum atomic E-state index is 12.0. The average Bonchev–Trinajstić information content (AvgIpc) is 2.97. The molecule has 8 nitrogen and oxygen atoms in total. The molecule has 0 spiro atoms. The van der Waals surface area contributed by atoms with Crippen molar-refractivity contribution in [3.05, 3.63) is 102 Å². The lowest BCUT2D eigenvalue weighted by atomic mass is 10.2. The fourth-order valence-corrected chi connectivity index (χ4v) is 3.45. The van der Waals surface area contributed by atoms with E-state index in [1.54, 1.807) is 6.92 Å². The zero-order valence-corrected chi connectivity index (χ0v) is 24.9. The molecule has 0 saturated carbocycles. The number of allylic oxidation sites excluding steroid dienone is 12. The van der Waals surface area contributed by atoms with Crippen LogP contribution in [0.25, 0.3) is 0 Å². The van der Waals surface area contributed by atoms with Gasteiger partial charge in [0, 0.05) is 33.0 Å². The highest BCUT2D eigenvalue weighted by Gasteiger charge is 2.11. The van der Waals surface area contributed by atoms with Crippen LogP contribution in [0.2, 0.25) is 0 Å². The summed E-state index contributed by atoms with van der Waals surface area (Å²) in [5, 5.41) is 20.4.